The van der Waals surface area contributed by atoms with E-state index >= 15 is 0 Å². The van der Waals surface area contributed by atoms with Crippen LogP contribution in [0, 0.1) is 5.92 Å². The summed E-state index contributed by atoms with van der Waals surface area (Å²) in [6.07, 6.45) is 3.67. The maximum Gasteiger partial charge on any atom is 0.247 e. The standard InChI is InChI=1S/C29H34N4O3/c1-22(2)28(29(35)31-25-10-12-26(13-11-25)32-15-17-36-18-16-32)33(21-24-9-6-14-30-20-24)27(34)19-23-7-4-3-5-8-23/h3-14,20,22,28H,15-19,21H2,1-2H3,(H,31,35). The van der Waals surface area contributed by atoms with Crippen molar-refractivity contribution in [3.63, 3.8) is 0 Å². The van der Waals surface area contributed by atoms with Gasteiger partial charge in [0.2, 0.25) is 11.8 Å². The Morgan fingerprint density at radius 2 is 1.67 bits per heavy atom. The van der Waals surface area contributed by atoms with E-state index in [4.69, 9.17) is 4.74 Å². The third-order valence-electron chi connectivity index (χ3n) is 6.34. The van der Waals surface area contributed by atoms with E-state index in [1.165, 1.54) is 0 Å². The molecule has 0 spiro atoms. The van der Waals surface area contributed by atoms with Crippen LogP contribution in [0.2, 0.25) is 0 Å². The maximum atomic E-state index is 13.6. The Bertz CT molecular complexity index is 1110. The Balaban J connectivity index is 1.53. The number of anilines is 2. The van der Waals surface area contributed by atoms with Crippen molar-refractivity contribution in [1.29, 1.82) is 0 Å². The maximum absolute atomic E-state index is 13.6. The SMILES string of the molecule is CC(C)C(C(=O)Nc1ccc(N2CCOCC2)cc1)N(Cc1cccnc1)C(=O)Cc1ccccc1. The number of ether oxygens (including phenoxy) is 1. The molecule has 0 radical (unpaired) electrons. The van der Waals surface area contributed by atoms with Crippen LogP contribution in [0.15, 0.2) is 79.1 Å². The number of hydrogen-bond donors (Lipinski definition) is 1. The highest BCUT2D eigenvalue weighted by Crippen LogP contribution is 2.22. The first-order valence-corrected chi connectivity index (χ1v) is 12.5. The van der Waals surface area contributed by atoms with Crippen LogP contribution in [0.4, 0.5) is 11.4 Å². The molecule has 0 aliphatic carbocycles. The lowest BCUT2D eigenvalue weighted by atomic mass is 9.99. The average Bonchev–Trinajstić information content (AvgIpc) is 2.90. The fourth-order valence-electron chi connectivity index (χ4n) is 4.50. The van der Waals surface area contributed by atoms with Gasteiger partial charge >= 0.3 is 0 Å². The van der Waals surface area contributed by atoms with Crippen LogP contribution >= 0.6 is 0 Å². The second-order valence-corrected chi connectivity index (χ2v) is 9.37. The molecular formula is C29H34N4O3. The molecule has 1 N–H and O–H groups in total. The van der Waals surface area contributed by atoms with Crippen LogP contribution in [0.1, 0.15) is 25.0 Å². The molecular weight excluding hydrogens is 452 g/mol. The van der Waals surface area contributed by atoms with Gasteiger partial charge in [0, 0.05) is 43.4 Å². The monoisotopic (exact) mass is 486 g/mol. The van der Waals surface area contributed by atoms with Crippen LogP contribution in [0.5, 0.6) is 0 Å². The third-order valence-corrected chi connectivity index (χ3v) is 6.34. The van der Waals surface area contributed by atoms with E-state index < -0.39 is 6.04 Å². The number of nitrogens with one attached hydrogen (secondary N) is 1. The molecule has 0 saturated carbocycles. The minimum atomic E-state index is -0.639. The molecule has 1 aromatic heterocycles. The number of amides is 2. The van der Waals surface area contributed by atoms with Gasteiger partial charge in [-0.3, -0.25) is 14.6 Å². The molecule has 2 aromatic carbocycles. The molecule has 7 heteroatoms. The number of carbonyl (C=O) groups excluding carboxylic acids is 2. The summed E-state index contributed by atoms with van der Waals surface area (Å²) in [5.74, 6) is -0.384. The molecule has 1 fully saturated rings. The fraction of sp³-hybridized carbons (Fsp3) is 0.345. The summed E-state index contributed by atoms with van der Waals surface area (Å²) in [5.41, 5.74) is 3.61. The van der Waals surface area contributed by atoms with Crippen molar-refractivity contribution in [2.45, 2.75) is 32.9 Å². The van der Waals surface area contributed by atoms with Crippen molar-refractivity contribution in [3.8, 4) is 0 Å². The third kappa shape index (κ3) is 6.70. The van der Waals surface area contributed by atoms with E-state index in [1.54, 1.807) is 17.3 Å². The van der Waals surface area contributed by atoms with Gasteiger partial charge in [-0.25, -0.2) is 0 Å². The van der Waals surface area contributed by atoms with Gasteiger partial charge in [-0.05, 0) is 47.4 Å². The first-order valence-electron chi connectivity index (χ1n) is 12.5. The van der Waals surface area contributed by atoms with E-state index in [9.17, 15) is 9.59 Å². The minimum Gasteiger partial charge on any atom is -0.378 e. The lowest BCUT2D eigenvalue weighted by Crippen LogP contribution is -2.50. The summed E-state index contributed by atoms with van der Waals surface area (Å²) in [4.78, 5) is 35.3. The van der Waals surface area contributed by atoms with E-state index in [-0.39, 0.29) is 24.2 Å². The zero-order chi connectivity index (χ0) is 25.3. The van der Waals surface area contributed by atoms with E-state index in [2.05, 4.69) is 15.2 Å². The van der Waals surface area contributed by atoms with Crippen molar-refractivity contribution in [2.24, 2.45) is 5.92 Å². The topological polar surface area (TPSA) is 74.8 Å². The number of rotatable bonds is 9. The molecule has 4 rings (SSSR count). The second kappa shape index (κ2) is 12.3. The van der Waals surface area contributed by atoms with Gasteiger partial charge in [0.15, 0.2) is 0 Å². The zero-order valence-corrected chi connectivity index (χ0v) is 21.0. The molecule has 1 aliphatic rings. The first-order chi connectivity index (χ1) is 17.5. The Kier molecular flexibility index (Phi) is 8.68. The summed E-state index contributed by atoms with van der Waals surface area (Å²) < 4.78 is 5.43. The lowest BCUT2D eigenvalue weighted by molar-refractivity contribution is -0.140. The van der Waals surface area contributed by atoms with Gasteiger partial charge < -0.3 is 19.9 Å². The normalized spacial score (nSPS) is 14.4. The quantitative estimate of drug-likeness (QED) is 0.492. The van der Waals surface area contributed by atoms with Gasteiger partial charge in [-0.15, -0.1) is 0 Å². The number of morpholine rings is 1. The van der Waals surface area contributed by atoms with Crippen LogP contribution in [0.25, 0.3) is 0 Å². The van der Waals surface area contributed by atoms with Crippen molar-refractivity contribution >= 4 is 23.2 Å². The highest BCUT2D eigenvalue weighted by Gasteiger charge is 2.32. The molecule has 36 heavy (non-hydrogen) atoms. The predicted octanol–water partition coefficient (Wildman–Crippen LogP) is 4.15. The number of aromatic nitrogens is 1. The van der Waals surface area contributed by atoms with Crippen molar-refractivity contribution in [3.05, 3.63) is 90.3 Å². The van der Waals surface area contributed by atoms with E-state index in [0.717, 1.165) is 43.1 Å². The Labute approximate surface area is 213 Å². The van der Waals surface area contributed by atoms with Crippen LogP contribution in [-0.2, 0) is 27.3 Å². The number of benzene rings is 2. The molecule has 1 aliphatic heterocycles. The largest absolute Gasteiger partial charge is 0.378 e. The molecule has 1 atom stereocenters. The average molecular weight is 487 g/mol. The van der Waals surface area contributed by atoms with E-state index in [0.29, 0.717) is 12.2 Å². The Hall–Kier alpha value is -3.71. The van der Waals surface area contributed by atoms with Gasteiger partial charge in [0.1, 0.15) is 6.04 Å². The first kappa shape index (κ1) is 25.4. The number of carbonyl (C=O) groups is 2. The Morgan fingerprint density at radius 3 is 2.31 bits per heavy atom. The molecule has 7 nitrogen and oxygen atoms in total. The van der Waals surface area contributed by atoms with Gasteiger partial charge in [0.25, 0.3) is 0 Å². The highest BCUT2D eigenvalue weighted by molar-refractivity contribution is 5.97. The van der Waals surface area contributed by atoms with Crippen molar-refractivity contribution in [1.82, 2.24) is 9.88 Å². The number of hydrogen-bond acceptors (Lipinski definition) is 5. The lowest BCUT2D eigenvalue weighted by Gasteiger charge is -2.34. The molecule has 0 bridgehead atoms. The number of nitrogens with zero attached hydrogens (tertiary/aromatic N) is 3. The minimum absolute atomic E-state index is 0.0889. The second-order valence-electron chi connectivity index (χ2n) is 9.37. The summed E-state index contributed by atoms with van der Waals surface area (Å²) in [6, 6.07) is 20.6. The highest BCUT2D eigenvalue weighted by atomic mass is 16.5. The van der Waals surface area contributed by atoms with Gasteiger partial charge in [0.05, 0.1) is 19.6 Å². The van der Waals surface area contributed by atoms with Crippen LogP contribution in [-0.4, -0.2) is 54.0 Å². The summed E-state index contributed by atoms with van der Waals surface area (Å²) in [7, 11) is 0. The van der Waals surface area contributed by atoms with Crippen molar-refractivity contribution in [2.75, 3.05) is 36.5 Å². The van der Waals surface area contributed by atoms with E-state index in [1.807, 2.05) is 80.6 Å². The summed E-state index contributed by atoms with van der Waals surface area (Å²) in [5, 5.41) is 3.05. The molecule has 3 aromatic rings. The molecule has 1 unspecified atom stereocenters. The van der Waals surface area contributed by atoms with Crippen molar-refractivity contribution < 1.29 is 14.3 Å². The zero-order valence-electron chi connectivity index (χ0n) is 21.0. The Morgan fingerprint density at radius 1 is 0.972 bits per heavy atom. The molecule has 188 valence electrons. The molecule has 2 amide bonds. The summed E-state index contributed by atoms with van der Waals surface area (Å²) >= 11 is 0. The number of pyridine rings is 1. The van der Waals surface area contributed by atoms with Crippen LogP contribution < -0.4 is 10.2 Å². The fourth-order valence-corrected chi connectivity index (χ4v) is 4.50. The van der Waals surface area contributed by atoms with Gasteiger partial charge in [-0.1, -0.05) is 50.2 Å². The summed E-state index contributed by atoms with van der Waals surface area (Å²) in [6.45, 7) is 7.40. The predicted molar refractivity (Wildman–Crippen MR) is 142 cm³/mol. The van der Waals surface area contributed by atoms with Crippen LogP contribution in [0.3, 0.4) is 0 Å². The molecule has 2 heterocycles. The smallest absolute Gasteiger partial charge is 0.247 e. The molecule has 1 saturated heterocycles. The van der Waals surface area contributed by atoms with Gasteiger partial charge in [-0.2, -0.15) is 0 Å².